The van der Waals surface area contributed by atoms with Gasteiger partial charge in [-0.15, -0.1) is 0 Å². The van der Waals surface area contributed by atoms with Crippen LogP contribution in [0, 0.1) is 5.82 Å². The SMILES string of the molecule is COc1ccc(CCN(CC(=O)O)C(=O)c2ccc3c(c2)CC(C)(Cc2ccc(F)cc2)O3)cc1. The first-order valence-electron chi connectivity index (χ1n) is 11.4. The number of aliphatic carboxylic acids is 1. The Labute approximate surface area is 203 Å². The summed E-state index contributed by atoms with van der Waals surface area (Å²) in [5, 5.41) is 9.37. The number of amides is 1. The lowest BCUT2D eigenvalue weighted by atomic mass is 9.91. The summed E-state index contributed by atoms with van der Waals surface area (Å²) in [6, 6.07) is 19.0. The highest BCUT2D eigenvalue weighted by Gasteiger charge is 2.35. The minimum Gasteiger partial charge on any atom is -0.497 e. The zero-order chi connectivity index (χ0) is 25.0. The molecule has 1 amide bonds. The highest BCUT2D eigenvalue weighted by atomic mass is 19.1. The van der Waals surface area contributed by atoms with Crippen LogP contribution < -0.4 is 9.47 Å². The van der Waals surface area contributed by atoms with Crippen LogP contribution in [0.5, 0.6) is 11.5 Å². The number of carboxylic acids is 1. The molecule has 0 fully saturated rings. The summed E-state index contributed by atoms with van der Waals surface area (Å²) < 4.78 is 24.6. The van der Waals surface area contributed by atoms with Gasteiger partial charge in [-0.05, 0) is 72.5 Å². The van der Waals surface area contributed by atoms with Crippen LogP contribution in [-0.4, -0.2) is 47.7 Å². The molecule has 3 aromatic carbocycles. The molecule has 1 N–H and O–H groups in total. The summed E-state index contributed by atoms with van der Waals surface area (Å²) >= 11 is 0. The summed E-state index contributed by atoms with van der Waals surface area (Å²) in [5.74, 6) is -0.246. The number of ether oxygens (including phenoxy) is 2. The van der Waals surface area contributed by atoms with Gasteiger partial charge in [0.15, 0.2) is 0 Å². The Hall–Kier alpha value is -3.87. The predicted molar refractivity (Wildman–Crippen MR) is 130 cm³/mol. The Bertz CT molecular complexity index is 1210. The molecule has 7 heteroatoms. The van der Waals surface area contributed by atoms with E-state index in [2.05, 4.69) is 0 Å². The average molecular weight is 478 g/mol. The topological polar surface area (TPSA) is 76.1 Å². The number of hydrogen-bond acceptors (Lipinski definition) is 4. The van der Waals surface area contributed by atoms with Gasteiger partial charge in [0.25, 0.3) is 5.91 Å². The number of carbonyl (C=O) groups excluding carboxylic acids is 1. The van der Waals surface area contributed by atoms with Crippen molar-refractivity contribution in [3.63, 3.8) is 0 Å². The molecule has 0 bridgehead atoms. The van der Waals surface area contributed by atoms with E-state index < -0.39 is 11.6 Å². The third kappa shape index (κ3) is 5.98. The Morgan fingerprint density at radius 2 is 1.74 bits per heavy atom. The molecule has 1 atom stereocenters. The van der Waals surface area contributed by atoms with Gasteiger partial charge in [0.2, 0.25) is 0 Å². The Kier molecular flexibility index (Phi) is 7.05. The van der Waals surface area contributed by atoms with Crippen molar-refractivity contribution >= 4 is 11.9 Å². The van der Waals surface area contributed by atoms with E-state index >= 15 is 0 Å². The van der Waals surface area contributed by atoms with Gasteiger partial charge in [0.1, 0.15) is 29.5 Å². The van der Waals surface area contributed by atoms with Crippen LogP contribution in [0.25, 0.3) is 0 Å². The predicted octanol–water partition coefficient (Wildman–Crippen LogP) is 4.54. The molecule has 182 valence electrons. The Balaban J connectivity index is 1.46. The van der Waals surface area contributed by atoms with Crippen molar-refractivity contribution in [3.05, 3.63) is 94.8 Å². The maximum atomic E-state index is 13.3. The fourth-order valence-corrected chi connectivity index (χ4v) is 4.44. The van der Waals surface area contributed by atoms with Crippen molar-refractivity contribution in [1.82, 2.24) is 4.90 Å². The fourth-order valence-electron chi connectivity index (χ4n) is 4.44. The quantitative estimate of drug-likeness (QED) is 0.490. The van der Waals surface area contributed by atoms with Crippen LogP contribution in [0.2, 0.25) is 0 Å². The van der Waals surface area contributed by atoms with E-state index in [0.29, 0.717) is 30.6 Å². The number of carbonyl (C=O) groups is 2. The van der Waals surface area contributed by atoms with E-state index in [1.807, 2.05) is 31.2 Å². The van der Waals surface area contributed by atoms with Gasteiger partial charge in [-0.2, -0.15) is 0 Å². The fraction of sp³-hybridized carbons (Fsp3) is 0.286. The maximum Gasteiger partial charge on any atom is 0.323 e. The summed E-state index contributed by atoms with van der Waals surface area (Å²) in [4.78, 5) is 26.1. The molecule has 1 heterocycles. The normalized spacial score (nSPS) is 16.3. The highest BCUT2D eigenvalue weighted by Crippen LogP contribution is 2.37. The summed E-state index contributed by atoms with van der Waals surface area (Å²) in [7, 11) is 1.59. The van der Waals surface area contributed by atoms with Gasteiger partial charge in [0.05, 0.1) is 7.11 Å². The van der Waals surface area contributed by atoms with Crippen LogP contribution in [0.1, 0.15) is 34.0 Å². The number of hydrogen-bond donors (Lipinski definition) is 1. The molecule has 0 saturated carbocycles. The molecule has 0 spiro atoms. The van der Waals surface area contributed by atoms with E-state index in [0.717, 1.165) is 22.4 Å². The van der Waals surface area contributed by atoms with Crippen molar-refractivity contribution in [2.45, 2.75) is 31.8 Å². The number of nitrogens with zero attached hydrogens (tertiary/aromatic N) is 1. The minimum atomic E-state index is -1.07. The molecule has 1 unspecified atom stereocenters. The van der Waals surface area contributed by atoms with Gasteiger partial charge in [-0.3, -0.25) is 9.59 Å². The summed E-state index contributed by atoms with van der Waals surface area (Å²) in [5.41, 5.74) is 2.74. The van der Waals surface area contributed by atoms with Gasteiger partial charge >= 0.3 is 5.97 Å². The van der Waals surface area contributed by atoms with Crippen LogP contribution in [0.4, 0.5) is 4.39 Å². The first-order chi connectivity index (χ1) is 16.7. The van der Waals surface area contributed by atoms with Crippen LogP contribution in [-0.2, 0) is 24.1 Å². The molecule has 6 nitrogen and oxygen atoms in total. The third-order valence-electron chi connectivity index (χ3n) is 6.16. The number of carboxylic acid groups (broad SMARTS) is 1. The second-order valence-corrected chi connectivity index (χ2v) is 9.07. The smallest absolute Gasteiger partial charge is 0.323 e. The minimum absolute atomic E-state index is 0.271. The van der Waals surface area contributed by atoms with Crippen LogP contribution in [0.15, 0.2) is 66.7 Å². The van der Waals surface area contributed by atoms with E-state index in [9.17, 15) is 19.1 Å². The second-order valence-electron chi connectivity index (χ2n) is 9.07. The highest BCUT2D eigenvalue weighted by molar-refractivity contribution is 5.96. The van der Waals surface area contributed by atoms with Gasteiger partial charge in [-0.1, -0.05) is 24.3 Å². The number of methoxy groups -OCH3 is 1. The largest absolute Gasteiger partial charge is 0.497 e. The molecule has 0 aliphatic carbocycles. The molecular formula is C28H28FNO5. The molecule has 0 saturated heterocycles. The third-order valence-corrected chi connectivity index (χ3v) is 6.16. The molecular weight excluding hydrogens is 449 g/mol. The summed E-state index contributed by atoms with van der Waals surface area (Å²) in [6.45, 7) is 1.88. The van der Waals surface area contributed by atoms with Crippen molar-refractivity contribution in [2.75, 3.05) is 20.2 Å². The number of fused-ring (bicyclic) bond motifs is 1. The van der Waals surface area contributed by atoms with Crippen LogP contribution in [0.3, 0.4) is 0 Å². The molecule has 0 radical (unpaired) electrons. The van der Waals surface area contributed by atoms with E-state index in [-0.39, 0.29) is 24.8 Å². The van der Waals surface area contributed by atoms with Gasteiger partial charge in [-0.25, -0.2) is 4.39 Å². The lowest BCUT2D eigenvalue weighted by Gasteiger charge is -2.24. The zero-order valence-electron chi connectivity index (χ0n) is 19.8. The number of halogens is 1. The molecule has 3 aromatic rings. The molecule has 35 heavy (non-hydrogen) atoms. The van der Waals surface area contributed by atoms with Crippen molar-refractivity contribution in [3.8, 4) is 11.5 Å². The number of rotatable bonds is 9. The van der Waals surface area contributed by atoms with Crippen LogP contribution >= 0.6 is 0 Å². The molecule has 1 aliphatic heterocycles. The maximum absolute atomic E-state index is 13.3. The zero-order valence-corrected chi connectivity index (χ0v) is 19.8. The first-order valence-corrected chi connectivity index (χ1v) is 11.4. The van der Waals surface area contributed by atoms with E-state index in [4.69, 9.17) is 9.47 Å². The van der Waals surface area contributed by atoms with Gasteiger partial charge < -0.3 is 19.5 Å². The van der Waals surface area contributed by atoms with E-state index in [1.165, 1.54) is 17.0 Å². The second kappa shape index (κ2) is 10.2. The number of benzene rings is 3. The lowest BCUT2D eigenvalue weighted by Crippen LogP contribution is -2.37. The van der Waals surface area contributed by atoms with E-state index in [1.54, 1.807) is 37.4 Å². The van der Waals surface area contributed by atoms with Crippen molar-refractivity contribution in [1.29, 1.82) is 0 Å². The van der Waals surface area contributed by atoms with Crippen molar-refractivity contribution < 1.29 is 28.6 Å². The summed E-state index contributed by atoms with van der Waals surface area (Å²) in [6.07, 6.45) is 1.71. The molecule has 0 aromatic heterocycles. The first kappa shape index (κ1) is 24.3. The lowest BCUT2D eigenvalue weighted by molar-refractivity contribution is -0.137. The standard InChI is InChI=1S/C28H28FNO5/c1-28(16-20-3-8-23(29)9-4-20)17-22-15-21(7-12-25(22)35-28)27(33)30(18-26(31)32)14-13-19-5-10-24(34-2)11-6-19/h3-12,15H,13-14,16-18H2,1-2H3,(H,31,32). The molecule has 4 rings (SSSR count). The monoisotopic (exact) mass is 477 g/mol. The molecule has 1 aliphatic rings. The van der Waals surface area contributed by atoms with Gasteiger partial charge in [0, 0.05) is 24.9 Å². The average Bonchev–Trinajstić information content (AvgIpc) is 3.17. The van der Waals surface area contributed by atoms with Crippen molar-refractivity contribution in [2.24, 2.45) is 0 Å². The Morgan fingerprint density at radius 1 is 1.06 bits per heavy atom. The Morgan fingerprint density at radius 3 is 2.40 bits per heavy atom.